The first kappa shape index (κ1) is 14.9. The molecule has 20 heavy (non-hydrogen) atoms. The molecule has 4 nitrogen and oxygen atoms in total. The van der Waals surface area contributed by atoms with Crippen molar-refractivity contribution in [1.82, 2.24) is 10.2 Å². The van der Waals surface area contributed by atoms with Gasteiger partial charge in [-0.1, -0.05) is 12.1 Å². The van der Waals surface area contributed by atoms with Crippen LogP contribution in [0.25, 0.3) is 0 Å². The molecule has 0 spiro atoms. The molecule has 1 N–H and O–H groups in total. The average Bonchev–Trinajstić information content (AvgIpc) is 2.48. The fourth-order valence-electron chi connectivity index (χ4n) is 2.62. The monoisotopic (exact) mass is 276 g/mol. The van der Waals surface area contributed by atoms with E-state index in [1.807, 2.05) is 24.0 Å². The van der Waals surface area contributed by atoms with Crippen LogP contribution < -0.4 is 10.1 Å². The van der Waals surface area contributed by atoms with Crippen molar-refractivity contribution in [3.05, 3.63) is 29.3 Å². The van der Waals surface area contributed by atoms with Crippen LogP contribution in [0.1, 0.15) is 30.4 Å². The van der Waals surface area contributed by atoms with E-state index < -0.39 is 0 Å². The summed E-state index contributed by atoms with van der Waals surface area (Å²) in [6.45, 7) is 5.00. The fourth-order valence-corrected chi connectivity index (χ4v) is 2.62. The number of rotatable bonds is 5. The van der Waals surface area contributed by atoms with Crippen LogP contribution in [0.4, 0.5) is 0 Å². The molecule has 0 atom stereocenters. The predicted octanol–water partition coefficient (Wildman–Crippen LogP) is 2.11. The second-order valence-corrected chi connectivity index (χ2v) is 5.35. The van der Waals surface area contributed by atoms with Crippen molar-refractivity contribution in [2.24, 2.45) is 0 Å². The first-order chi connectivity index (χ1) is 9.70. The van der Waals surface area contributed by atoms with Crippen LogP contribution in [-0.2, 0) is 11.3 Å². The lowest BCUT2D eigenvalue weighted by atomic mass is 10.1. The Balaban J connectivity index is 1.77. The number of aryl methyl sites for hydroxylation is 1. The van der Waals surface area contributed by atoms with Crippen molar-refractivity contribution < 1.29 is 9.53 Å². The zero-order chi connectivity index (χ0) is 14.4. The van der Waals surface area contributed by atoms with E-state index in [1.165, 1.54) is 12.0 Å². The van der Waals surface area contributed by atoms with Gasteiger partial charge in [-0.2, -0.15) is 0 Å². The van der Waals surface area contributed by atoms with Crippen LogP contribution >= 0.6 is 0 Å². The molecule has 1 aromatic rings. The third kappa shape index (κ3) is 3.97. The molecule has 0 unspecified atom stereocenters. The number of carbonyl (C=O) groups is 1. The standard InChI is InChI=1S/C16H24N2O2/c1-13-10-14(6-7-15(13)20-2)11-17-12-16(19)18-8-4-3-5-9-18/h6-7,10,17H,3-5,8-9,11-12H2,1-2H3. The molecule has 0 aliphatic carbocycles. The van der Waals surface area contributed by atoms with E-state index >= 15 is 0 Å². The highest BCUT2D eigenvalue weighted by atomic mass is 16.5. The maximum Gasteiger partial charge on any atom is 0.236 e. The van der Waals surface area contributed by atoms with Gasteiger partial charge in [0.1, 0.15) is 5.75 Å². The largest absolute Gasteiger partial charge is 0.496 e. The Hall–Kier alpha value is -1.55. The molecule has 0 radical (unpaired) electrons. The molecule has 1 amide bonds. The molecule has 110 valence electrons. The first-order valence-corrected chi connectivity index (χ1v) is 7.32. The number of hydrogen-bond donors (Lipinski definition) is 1. The molecule has 1 heterocycles. The number of methoxy groups -OCH3 is 1. The van der Waals surface area contributed by atoms with E-state index in [-0.39, 0.29) is 5.91 Å². The predicted molar refractivity (Wildman–Crippen MR) is 79.9 cm³/mol. The Bertz CT molecular complexity index is 454. The van der Waals surface area contributed by atoms with Crippen molar-refractivity contribution in [3.63, 3.8) is 0 Å². The molecule has 1 fully saturated rings. The Morgan fingerprint density at radius 2 is 2.05 bits per heavy atom. The summed E-state index contributed by atoms with van der Waals surface area (Å²) in [5, 5.41) is 3.23. The summed E-state index contributed by atoms with van der Waals surface area (Å²) in [4.78, 5) is 14.0. The number of piperidine rings is 1. The zero-order valence-corrected chi connectivity index (χ0v) is 12.4. The van der Waals surface area contributed by atoms with Gasteiger partial charge in [0.2, 0.25) is 5.91 Å². The van der Waals surface area contributed by atoms with E-state index in [0.717, 1.165) is 37.2 Å². The van der Waals surface area contributed by atoms with Gasteiger partial charge in [0.25, 0.3) is 0 Å². The Morgan fingerprint density at radius 3 is 2.70 bits per heavy atom. The third-order valence-corrected chi connectivity index (χ3v) is 3.77. The maximum atomic E-state index is 12.0. The third-order valence-electron chi connectivity index (χ3n) is 3.77. The van der Waals surface area contributed by atoms with Gasteiger partial charge in [0, 0.05) is 19.6 Å². The van der Waals surface area contributed by atoms with Gasteiger partial charge in [-0.25, -0.2) is 0 Å². The molecule has 1 aromatic carbocycles. The molecule has 1 aliphatic heterocycles. The highest BCUT2D eigenvalue weighted by Gasteiger charge is 2.15. The van der Waals surface area contributed by atoms with Crippen molar-refractivity contribution in [2.45, 2.75) is 32.7 Å². The van der Waals surface area contributed by atoms with Gasteiger partial charge in [-0.05, 0) is 43.4 Å². The summed E-state index contributed by atoms with van der Waals surface area (Å²) in [6.07, 6.45) is 3.54. The van der Waals surface area contributed by atoms with Crippen LogP contribution in [-0.4, -0.2) is 37.6 Å². The van der Waals surface area contributed by atoms with E-state index in [9.17, 15) is 4.79 Å². The summed E-state index contributed by atoms with van der Waals surface area (Å²) in [5.41, 5.74) is 2.30. The van der Waals surface area contributed by atoms with Crippen molar-refractivity contribution >= 4 is 5.91 Å². The molecular formula is C16H24N2O2. The molecule has 0 saturated carbocycles. The number of carbonyl (C=O) groups excluding carboxylic acids is 1. The summed E-state index contributed by atoms with van der Waals surface area (Å²) in [5.74, 6) is 1.12. The van der Waals surface area contributed by atoms with Gasteiger partial charge in [-0.15, -0.1) is 0 Å². The number of ether oxygens (including phenoxy) is 1. The minimum Gasteiger partial charge on any atom is -0.496 e. The molecular weight excluding hydrogens is 252 g/mol. The smallest absolute Gasteiger partial charge is 0.236 e. The van der Waals surface area contributed by atoms with Gasteiger partial charge in [0.05, 0.1) is 13.7 Å². The zero-order valence-electron chi connectivity index (χ0n) is 12.4. The van der Waals surface area contributed by atoms with Gasteiger partial charge >= 0.3 is 0 Å². The first-order valence-electron chi connectivity index (χ1n) is 7.32. The van der Waals surface area contributed by atoms with Gasteiger partial charge in [-0.3, -0.25) is 4.79 Å². The van der Waals surface area contributed by atoms with Crippen LogP contribution in [0.3, 0.4) is 0 Å². The second-order valence-electron chi connectivity index (χ2n) is 5.35. The van der Waals surface area contributed by atoms with E-state index in [4.69, 9.17) is 4.74 Å². The lowest BCUT2D eigenvalue weighted by Gasteiger charge is -2.26. The Kier molecular flexibility index (Phi) is 5.41. The Labute approximate surface area is 121 Å². The number of nitrogens with zero attached hydrogens (tertiary/aromatic N) is 1. The summed E-state index contributed by atoms with van der Waals surface area (Å²) in [7, 11) is 1.68. The summed E-state index contributed by atoms with van der Waals surface area (Å²) in [6, 6.07) is 6.10. The summed E-state index contributed by atoms with van der Waals surface area (Å²) < 4.78 is 5.24. The van der Waals surface area contributed by atoms with Crippen molar-refractivity contribution in [2.75, 3.05) is 26.7 Å². The highest BCUT2D eigenvalue weighted by Crippen LogP contribution is 2.18. The number of nitrogens with one attached hydrogen (secondary N) is 1. The van der Waals surface area contributed by atoms with Gasteiger partial charge in [0.15, 0.2) is 0 Å². The minimum absolute atomic E-state index is 0.218. The Morgan fingerprint density at radius 1 is 1.30 bits per heavy atom. The number of benzene rings is 1. The topological polar surface area (TPSA) is 41.6 Å². The highest BCUT2D eigenvalue weighted by molar-refractivity contribution is 5.78. The molecule has 0 aromatic heterocycles. The van der Waals surface area contributed by atoms with E-state index in [0.29, 0.717) is 13.1 Å². The molecule has 1 saturated heterocycles. The SMILES string of the molecule is COc1ccc(CNCC(=O)N2CCCCC2)cc1C. The normalized spacial score (nSPS) is 15.2. The van der Waals surface area contributed by atoms with Gasteiger partial charge < -0.3 is 15.0 Å². The van der Waals surface area contributed by atoms with E-state index in [2.05, 4.69) is 11.4 Å². The van der Waals surface area contributed by atoms with Crippen molar-refractivity contribution in [1.29, 1.82) is 0 Å². The number of likely N-dealkylation sites (tertiary alicyclic amines) is 1. The van der Waals surface area contributed by atoms with Crippen LogP contribution in [0, 0.1) is 6.92 Å². The second kappa shape index (κ2) is 7.29. The average molecular weight is 276 g/mol. The van der Waals surface area contributed by atoms with Crippen molar-refractivity contribution in [3.8, 4) is 5.75 Å². The van der Waals surface area contributed by atoms with Crippen LogP contribution in [0.2, 0.25) is 0 Å². The molecule has 1 aliphatic rings. The van der Waals surface area contributed by atoms with Crippen LogP contribution in [0.5, 0.6) is 5.75 Å². The molecule has 4 heteroatoms. The number of amides is 1. The quantitative estimate of drug-likeness (QED) is 0.895. The van der Waals surface area contributed by atoms with Crippen LogP contribution in [0.15, 0.2) is 18.2 Å². The fraction of sp³-hybridized carbons (Fsp3) is 0.562. The lowest BCUT2D eigenvalue weighted by molar-refractivity contribution is -0.131. The lowest BCUT2D eigenvalue weighted by Crippen LogP contribution is -2.40. The summed E-state index contributed by atoms with van der Waals surface area (Å²) >= 11 is 0. The molecule has 0 bridgehead atoms. The molecule has 2 rings (SSSR count). The minimum atomic E-state index is 0.218. The van der Waals surface area contributed by atoms with E-state index in [1.54, 1.807) is 7.11 Å². The maximum absolute atomic E-state index is 12.0. The number of hydrogen-bond acceptors (Lipinski definition) is 3.